The standard InChI is InChI=1S/C13H12ClFN2O/c1-3-11-16-12(7(2)13(18)17-11)9-6-8(15)4-5-10(9)14/h4-6H,3H2,1-2H3,(H,16,17,18). The Kier molecular flexibility index (Phi) is 3.48. The van der Waals surface area contributed by atoms with Crippen LogP contribution in [-0.4, -0.2) is 9.97 Å². The van der Waals surface area contributed by atoms with E-state index >= 15 is 0 Å². The number of aryl methyl sites for hydroxylation is 1. The summed E-state index contributed by atoms with van der Waals surface area (Å²) in [4.78, 5) is 18.7. The molecule has 3 nitrogen and oxygen atoms in total. The number of rotatable bonds is 2. The Morgan fingerprint density at radius 3 is 2.83 bits per heavy atom. The maximum atomic E-state index is 13.3. The molecule has 1 heterocycles. The van der Waals surface area contributed by atoms with E-state index in [0.29, 0.717) is 34.1 Å². The van der Waals surface area contributed by atoms with Crippen LogP contribution in [0.2, 0.25) is 5.02 Å². The highest BCUT2D eigenvalue weighted by Gasteiger charge is 2.13. The summed E-state index contributed by atoms with van der Waals surface area (Å²) in [5.74, 6) is 0.148. The predicted octanol–water partition coefficient (Wildman–Crippen LogP) is 3.10. The minimum absolute atomic E-state index is 0.225. The molecule has 0 unspecified atom stereocenters. The van der Waals surface area contributed by atoms with Gasteiger partial charge in [0, 0.05) is 17.5 Å². The first kappa shape index (κ1) is 12.8. The summed E-state index contributed by atoms with van der Waals surface area (Å²) in [7, 11) is 0. The van der Waals surface area contributed by atoms with Gasteiger partial charge in [0.15, 0.2) is 0 Å². The maximum absolute atomic E-state index is 13.3. The molecule has 1 N–H and O–H groups in total. The number of aromatic amines is 1. The van der Waals surface area contributed by atoms with Gasteiger partial charge in [-0.2, -0.15) is 0 Å². The molecule has 0 aliphatic carbocycles. The van der Waals surface area contributed by atoms with Crippen molar-refractivity contribution in [3.05, 3.63) is 50.8 Å². The van der Waals surface area contributed by atoms with E-state index in [2.05, 4.69) is 9.97 Å². The van der Waals surface area contributed by atoms with Crippen LogP contribution in [0.25, 0.3) is 11.3 Å². The molecule has 0 amide bonds. The van der Waals surface area contributed by atoms with E-state index in [1.807, 2.05) is 6.92 Å². The second-order valence-corrected chi connectivity index (χ2v) is 4.37. The lowest BCUT2D eigenvalue weighted by Crippen LogP contribution is -2.15. The molecule has 2 rings (SSSR count). The van der Waals surface area contributed by atoms with Crippen molar-refractivity contribution in [2.45, 2.75) is 20.3 Å². The van der Waals surface area contributed by atoms with E-state index < -0.39 is 5.82 Å². The second-order valence-electron chi connectivity index (χ2n) is 3.96. The summed E-state index contributed by atoms with van der Waals surface area (Å²) >= 11 is 6.03. The normalized spacial score (nSPS) is 10.7. The van der Waals surface area contributed by atoms with Crippen molar-refractivity contribution < 1.29 is 4.39 Å². The number of hydrogen-bond acceptors (Lipinski definition) is 2. The Morgan fingerprint density at radius 1 is 1.44 bits per heavy atom. The van der Waals surface area contributed by atoms with Crippen molar-refractivity contribution in [3.8, 4) is 11.3 Å². The molecule has 0 atom stereocenters. The Hall–Kier alpha value is -1.68. The van der Waals surface area contributed by atoms with Crippen molar-refractivity contribution in [2.24, 2.45) is 0 Å². The molecule has 0 aliphatic heterocycles. The fourth-order valence-electron chi connectivity index (χ4n) is 1.69. The average molecular weight is 267 g/mol. The Morgan fingerprint density at radius 2 is 2.17 bits per heavy atom. The second kappa shape index (κ2) is 4.90. The van der Waals surface area contributed by atoms with Crippen molar-refractivity contribution >= 4 is 11.6 Å². The van der Waals surface area contributed by atoms with Crippen LogP contribution in [0.3, 0.4) is 0 Å². The third kappa shape index (κ3) is 2.29. The summed E-state index contributed by atoms with van der Waals surface area (Å²) in [5, 5.41) is 0.375. The van der Waals surface area contributed by atoms with Crippen molar-refractivity contribution in [1.82, 2.24) is 9.97 Å². The van der Waals surface area contributed by atoms with E-state index in [1.165, 1.54) is 18.2 Å². The quantitative estimate of drug-likeness (QED) is 0.908. The Balaban J connectivity index is 2.74. The smallest absolute Gasteiger partial charge is 0.254 e. The van der Waals surface area contributed by atoms with E-state index in [9.17, 15) is 9.18 Å². The lowest BCUT2D eigenvalue weighted by atomic mass is 10.1. The SMILES string of the molecule is CCc1nc(-c2cc(F)ccc2Cl)c(C)c(=O)[nH]1. The number of aromatic nitrogens is 2. The number of nitrogens with one attached hydrogen (secondary N) is 1. The van der Waals surface area contributed by atoms with Gasteiger partial charge in [0.05, 0.1) is 10.7 Å². The molecule has 1 aromatic carbocycles. The zero-order chi connectivity index (χ0) is 13.3. The molecular weight excluding hydrogens is 255 g/mol. The van der Waals surface area contributed by atoms with Gasteiger partial charge in [0.2, 0.25) is 0 Å². The van der Waals surface area contributed by atoms with Gasteiger partial charge in [-0.25, -0.2) is 9.37 Å². The van der Waals surface area contributed by atoms with Gasteiger partial charge in [-0.05, 0) is 25.1 Å². The monoisotopic (exact) mass is 266 g/mol. The number of benzene rings is 1. The summed E-state index contributed by atoms with van der Waals surface area (Å²) in [6.45, 7) is 3.52. The molecule has 2 aromatic rings. The minimum atomic E-state index is -0.408. The number of halogens is 2. The van der Waals surface area contributed by atoms with E-state index in [-0.39, 0.29) is 5.56 Å². The highest BCUT2D eigenvalue weighted by molar-refractivity contribution is 6.33. The van der Waals surface area contributed by atoms with Gasteiger partial charge >= 0.3 is 0 Å². The summed E-state index contributed by atoms with van der Waals surface area (Å²) in [6.07, 6.45) is 0.593. The average Bonchev–Trinajstić information content (AvgIpc) is 2.35. The molecule has 5 heteroatoms. The van der Waals surface area contributed by atoms with E-state index in [0.717, 1.165) is 0 Å². The molecule has 0 bridgehead atoms. The van der Waals surface area contributed by atoms with Gasteiger partial charge in [-0.1, -0.05) is 18.5 Å². The van der Waals surface area contributed by atoms with Crippen LogP contribution in [0.5, 0.6) is 0 Å². The van der Waals surface area contributed by atoms with Crippen LogP contribution >= 0.6 is 11.6 Å². The van der Waals surface area contributed by atoms with Gasteiger partial charge in [0.1, 0.15) is 11.6 Å². The lowest BCUT2D eigenvalue weighted by molar-refractivity contribution is 0.628. The molecular formula is C13H12ClFN2O. The van der Waals surface area contributed by atoms with Gasteiger partial charge in [-0.15, -0.1) is 0 Å². The number of hydrogen-bond donors (Lipinski definition) is 1. The van der Waals surface area contributed by atoms with Crippen molar-refractivity contribution in [2.75, 3.05) is 0 Å². The number of H-pyrrole nitrogens is 1. The summed E-state index contributed by atoms with van der Waals surface area (Å²) < 4.78 is 13.3. The maximum Gasteiger partial charge on any atom is 0.254 e. The third-order valence-corrected chi connectivity index (χ3v) is 3.05. The molecule has 0 spiro atoms. The Labute approximate surface area is 109 Å². The van der Waals surface area contributed by atoms with E-state index in [4.69, 9.17) is 11.6 Å². The highest BCUT2D eigenvalue weighted by Crippen LogP contribution is 2.28. The first-order valence-corrected chi connectivity index (χ1v) is 5.96. The molecule has 94 valence electrons. The van der Waals surface area contributed by atoms with Gasteiger partial charge in [0.25, 0.3) is 5.56 Å². The van der Waals surface area contributed by atoms with Crippen molar-refractivity contribution in [1.29, 1.82) is 0 Å². The van der Waals surface area contributed by atoms with E-state index in [1.54, 1.807) is 6.92 Å². The third-order valence-electron chi connectivity index (χ3n) is 2.72. The molecule has 18 heavy (non-hydrogen) atoms. The van der Waals surface area contributed by atoms with Crippen LogP contribution in [0, 0.1) is 12.7 Å². The zero-order valence-corrected chi connectivity index (χ0v) is 10.8. The van der Waals surface area contributed by atoms with Crippen molar-refractivity contribution in [3.63, 3.8) is 0 Å². The fraction of sp³-hybridized carbons (Fsp3) is 0.231. The molecule has 0 saturated carbocycles. The largest absolute Gasteiger partial charge is 0.310 e. The summed E-state index contributed by atoms with van der Waals surface area (Å²) in [6, 6.07) is 4.02. The Bertz CT molecular complexity index is 652. The molecule has 1 aromatic heterocycles. The summed E-state index contributed by atoms with van der Waals surface area (Å²) in [5.41, 5.74) is 1.08. The zero-order valence-electron chi connectivity index (χ0n) is 10.1. The van der Waals surface area contributed by atoms with Crippen LogP contribution < -0.4 is 5.56 Å². The fourth-order valence-corrected chi connectivity index (χ4v) is 1.89. The predicted molar refractivity (Wildman–Crippen MR) is 69.4 cm³/mol. The van der Waals surface area contributed by atoms with Gasteiger partial charge in [-0.3, -0.25) is 4.79 Å². The topological polar surface area (TPSA) is 45.8 Å². The molecule has 0 radical (unpaired) electrons. The number of nitrogens with zero attached hydrogens (tertiary/aromatic N) is 1. The van der Waals surface area contributed by atoms with Crippen LogP contribution in [0.4, 0.5) is 4.39 Å². The van der Waals surface area contributed by atoms with Crippen LogP contribution in [0.15, 0.2) is 23.0 Å². The van der Waals surface area contributed by atoms with Crippen LogP contribution in [0.1, 0.15) is 18.3 Å². The van der Waals surface area contributed by atoms with Gasteiger partial charge < -0.3 is 4.98 Å². The molecule has 0 fully saturated rings. The first-order chi connectivity index (χ1) is 8.52. The lowest BCUT2D eigenvalue weighted by Gasteiger charge is -2.08. The molecule has 0 aliphatic rings. The minimum Gasteiger partial charge on any atom is -0.310 e. The molecule has 0 saturated heterocycles. The first-order valence-electron chi connectivity index (χ1n) is 5.58. The highest BCUT2D eigenvalue weighted by atomic mass is 35.5. The van der Waals surface area contributed by atoms with Crippen LogP contribution in [-0.2, 0) is 6.42 Å².